The van der Waals surface area contributed by atoms with Crippen LogP contribution in [0.3, 0.4) is 0 Å². The number of rotatable bonds is 5. The zero-order valence-electron chi connectivity index (χ0n) is 12.3. The highest BCUT2D eigenvalue weighted by molar-refractivity contribution is 5.73. The Kier molecular flexibility index (Phi) is 4.70. The maximum absolute atomic E-state index is 11.7. The Balaban J connectivity index is 1.43. The molecule has 1 aliphatic heterocycles. The molecular weight excluding hydrogens is 280 g/mol. The topological polar surface area (TPSA) is 79.0 Å². The molecule has 116 valence electrons. The maximum atomic E-state index is 11.7. The zero-order valence-corrected chi connectivity index (χ0v) is 12.3. The number of aromatic amines is 1. The molecule has 22 heavy (non-hydrogen) atoms. The van der Waals surface area contributed by atoms with Gasteiger partial charge in [-0.25, -0.2) is 4.79 Å². The van der Waals surface area contributed by atoms with Crippen LogP contribution in [-0.4, -0.2) is 35.5 Å². The van der Waals surface area contributed by atoms with Gasteiger partial charge in [0.05, 0.1) is 11.8 Å². The molecule has 1 fully saturated rings. The Morgan fingerprint density at radius 3 is 2.82 bits per heavy atom. The van der Waals surface area contributed by atoms with E-state index in [1.54, 1.807) is 6.20 Å². The van der Waals surface area contributed by atoms with Gasteiger partial charge in [-0.3, -0.25) is 5.10 Å². The Hall–Kier alpha value is -2.34. The Bertz CT molecular complexity index is 589. The number of urea groups is 1. The fraction of sp³-hybridized carbons (Fsp3) is 0.375. The molecule has 0 saturated carbocycles. The SMILES string of the molecule is O=C(NCc1ccc(-c2ccn[nH]2)cc1)NC[C@@H]1CCCO1. The fourth-order valence-corrected chi connectivity index (χ4v) is 2.48. The van der Waals surface area contributed by atoms with Crippen molar-refractivity contribution in [2.45, 2.75) is 25.5 Å². The van der Waals surface area contributed by atoms with Crippen LogP contribution in [0.2, 0.25) is 0 Å². The van der Waals surface area contributed by atoms with Crippen molar-refractivity contribution in [2.75, 3.05) is 13.2 Å². The summed E-state index contributed by atoms with van der Waals surface area (Å²) in [6.45, 7) is 1.88. The summed E-state index contributed by atoms with van der Waals surface area (Å²) in [6, 6.07) is 9.77. The molecule has 3 N–H and O–H groups in total. The molecule has 3 rings (SSSR count). The first-order valence-electron chi connectivity index (χ1n) is 7.53. The van der Waals surface area contributed by atoms with E-state index in [1.165, 1.54) is 0 Å². The van der Waals surface area contributed by atoms with Crippen molar-refractivity contribution < 1.29 is 9.53 Å². The Labute approximate surface area is 129 Å². The summed E-state index contributed by atoms with van der Waals surface area (Å²) in [5.41, 5.74) is 3.11. The maximum Gasteiger partial charge on any atom is 0.315 e. The van der Waals surface area contributed by atoms with Crippen molar-refractivity contribution in [1.29, 1.82) is 0 Å². The summed E-state index contributed by atoms with van der Waals surface area (Å²) < 4.78 is 5.46. The molecule has 6 nitrogen and oxygen atoms in total. The lowest BCUT2D eigenvalue weighted by Crippen LogP contribution is -2.39. The van der Waals surface area contributed by atoms with Gasteiger partial charge >= 0.3 is 6.03 Å². The Morgan fingerprint density at radius 1 is 1.27 bits per heavy atom. The second kappa shape index (κ2) is 7.09. The summed E-state index contributed by atoms with van der Waals surface area (Å²) in [5, 5.41) is 12.5. The third-order valence-corrected chi connectivity index (χ3v) is 3.73. The zero-order chi connectivity index (χ0) is 15.2. The van der Waals surface area contributed by atoms with Crippen molar-refractivity contribution in [3.8, 4) is 11.3 Å². The lowest BCUT2D eigenvalue weighted by molar-refractivity contribution is 0.111. The summed E-state index contributed by atoms with van der Waals surface area (Å²) in [6.07, 6.45) is 3.99. The summed E-state index contributed by atoms with van der Waals surface area (Å²) >= 11 is 0. The van der Waals surface area contributed by atoms with Gasteiger partial charge in [0.15, 0.2) is 0 Å². The largest absolute Gasteiger partial charge is 0.376 e. The second-order valence-electron chi connectivity index (χ2n) is 5.37. The van der Waals surface area contributed by atoms with E-state index in [2.05, 4.69) is 20.8 Å². The van der Waals surface area contributed by atoms with Gasteiger partial charge in [-0.15, -0.1) is 0 Å². The molecule has 2 aromatic rings. The standard InChI is InChI=1S/C16H20N4O2/c21-16(18-11-14-2-1-9-22-14)17-10-12-3-5-13(6-4-12)15-7-8-19-20-15/h3-8,14H,1-2,9-11H2,(H,19,20)(H2,17,18,21)/t14-/m0/s1. The predicted octanol–water partition coefficient (Wildman–Crippen LogP) is 2.05. The van der Waals surface area contributed by atoms with Crippen molar-refractivity contribution in [3.05, 3.63) is 42.1 Å². The van der Waals surface area contributed by atoms with E-state index in [-0.39, 0.29) is 12.1 Å². The van der Waals surface area contributed by atoms with E-state index in [4.69, 9.17) is 4.74 Å². The molecular formula is C16H20N4O2. The van der Waals surface area contributed by atoms with E-state index in [0.29, 0.717) is 13.1 Å². The van der Waals surface area contributed by atoms with E-state index >= 15 is 0 Å². The highest BCUT2D eigenvalue weighted by atomic mass is 16.5. The van der Waals surface area contributed by atoms with Gasteiger partial charge in [-0.2, -0.15) is 5.10 Å². The van der Waals surface area contributed by atoms with Gasteiger partial charge < -0.3 is 15.4 Å². The average Bonchev–Trinajstić information content (AvgIpc) is 3.24. The first-order chi connectivity index (χ1) is 10.8. The van der Waals surface area contributed by atoms with Crippen LogP contribution in [0.25, 0.3) is 11.3 Å². The van der Waals surface area contributed by atoms with E-state index in [9.17, 15) is 4.79 Å². The van der Waals surface area contributed by atoms with Crippen molar-refractivity contribution in [1.82, 2.24) is 20.8 Å². The predicted molar refractivity (Wildman–Crippen MR) is 83.2 cm³/mol. The summed E-state index contributed by atoms with van der Waals surface area (Å²) in [4.78, 5) is 11.7. The molecule has 2 amide bonds. The molecule has 1 aromatic heterocycles. The highest BCUT2D eigenvalue weighted by Crippen LogP contribution is 2.16. The smallest absolute Gasteiger partial charge is 0.315 e. The number of ether oxygens (including phenoxy) is 1. The van der Waals surface area contributed by atoms with Crippen LogP contribution >= 0.6 is 0 Å². The number of hydrogen-bond donors (Lipinski definition) is 3. The minimum Gasteiger partial charge on any atom is -0.376 e. The van der Waals surface area contributed by atoms with Crippen LogP contribution in [-0.2, 0) is 11.3 Å². The number of nitrogens with zero attached hydrogens (tertiary/aromatic N) is 1. The van der Waals surface area contributed by atoms with Gasteiger partial charge in [0.25, 0.3) is 0 Å². The van der Waals surface area contributed by atoms with E-state index < -0.39 is 0 Å². The normalized spacial score (nSPS) is 17.4. The van der Waals surface area contributed by atoms with Crippen LogP contribution < -0.4 is 10.6 Å². The molecule has 1 saturated heterocycles. The van der Waals surface area contributed by atoms with Crippen LogP contribution in [0.1, 0.15) is 18.4 Å². The lowest BCUT2D eigenvalue weighted by atomic mass is 10.1. The molecule has 0 unspecified atom stereocenters. The number of aromatic nitrogens is 2. The molecule has 1 aromatic carbocycles. The number of amides is 2. The quantitative estimate of drug-likeness (QED) is 0.791. The molecule has 1 atom stereocenters. The number of carbonyl (C=O) groups is 1. The van der Waals surface area contributed by atoms with Gasteiger partial charge in [-0.1, -0.05) is 24.3 Å². The van der Waals surface area contributed by atoms with Crippen LogP contribution in [0, 0.1) is 0 Å². The lowest BCUT2D eigenvalue weighted by Gasteiger charge is -2.12. The average molecular weight is 300 g/mol. The summed E-state index contributed by atoms with van der Waals surface area (Å²) in [7, 11) is 0. The molecule has 6 heteroatoms. The number of hydrogen-bond acceptors (Lipinski definition) is 3. The summed E-state index contributed by atoms with van der Waals surface area (Å²) in [5.74, 6) is 0. The van der Waals surface area contributed by atoms with Gasteiger partial charge in [0.2, 0.25) is 0 Å². The van der Waals surface area contributed by atoms with Crippen molar-refractivity contribution in [2.24, 2.45) is 0 Å². The number of H-pyrrole nitrogens is 1. The molecule has 1 aliphatic rings. The first-order valence-corrected chi connectivity index (χ1v) is 7.53. The Morgan fingerprint density at radius 2 is 2.14 bits per heavy atom. The molecule has 0 aliphatic carbocycles. The van der Waals surface area contributed by atoms with Gasteiger partial charge in [0.1, 0.15) is 0 Å². The van der Waals surface area contributed by atoms with Gasteiger partial charge in [-0.05, 0) is 30.0 Å². The van der Waals surface area contributed by atoms with Crippen molar-refractivity contribution >= 4 is 6.03 Å². The van der Waals surface area contributed by atoms with Crippen LogP contribution in [0.5, 0.6) is 0 Å². The van der Waals surface area contributed by atoms with Crippen molar-refractivity contribution in [3.63, 3.8) is 0 Å². The molecule has 0 spiro atoms. The molecule has 2 heterocycles. The molecule has 0 radical (unpaired) electrons. The minimum absolute atomic E-state index is 0.159. The van der Waals surface area contributed by atoms with Crippen LogP contribution in [0.4, 0.5) is 4.79 Å². The number of carbonyl (C=O) groups excluding carboxylic acids is 1. The first kappa shape index (κ1) is 14.6. The third kappa shape index (κ3) is 3.85. The second-order valence-corrected chi connectivity index (χ2v) is 5.37. The van der Waals surface area contributed by atoms with Crippen LogP contribution in [0.15, 0.2) is 36.5 Å². The number of nitrogens with one attached hydrogen (secondary N) is 3. The van der Waals surface area contributed by atoms with Gasteiger partial charge in [0, 0.05) is 25.9 Å². The fourth-order valence-electron chi connectivity index (χ4n) is 2.48. The third-order valence-electron chi connectivity index (χ3n) is 3.73. The number of benzene rings is 1. The monoisotopic (exact) mass is 300 g/mol. The minimum atomic E-state index is -0.159. The van der Waals surface area contributed by atoms with E-state index in [1.807, 2.05) is 30.3 Å². The van der Waals surface area contributed by atoms with E-state index in [0.717, 1.165) is 36.3 Å². The molecule has 0 bridgehead atoms. The highest BCUT2D eigenvalue weighted by Gasteiger charge is 2.15.